The van der Waals surface area contributed by atoms with Crippen LogP contribution in [0.5, 0.6) is 5.75 Å². The standard InChI is InChI=1S/C27H34N2O4/c1-20(18-28-26(31)33-27(2,3)4)19-32-24-12-10-23(11-13-24)25(30)29-16-14-22(15-17-29)21-8-6-5-7-9-21/h5-13,22H,1,14-19H2,2-4H3,(H,28,31). The zero-order chi connectivity index (χ0) is 23.8. The molecule has 2 aromatic carbocycles. The molecule has 0 atom stereocenters. The van der Waals surface area contributed by atoms with E-state index in [-0.39, 0.29) is 19.1 Å². The first kappa shape index (κ1) is 24.4. The maximum Gasteiger partial charge on any atom is 0.407 e. The van der Waals surface area contributed by atoms with Crippen molar-refractivity contribution < 1.29 is 19.1 Å². The number of likely N-dealkylation sites (tertiary alicyclic amines) is 1. The zero-order valence-electron chi connectivity index (χ0n) is 19.8. The van der Waals surface area contributed by atoms with E-state index < -0.39 is 11.7 Å². The van der Waals surface area contributed by atoms with Crippen LogP contribution in [0.2, 0.25) is 0 Å². The quantitative estimate of drug-likeness (QED) is 0.591. The van der Waals surface area contributed by atoms with Gasteiger partial charge in [-0.2, -0.15) is 0 Å². The van der Waals surface area contributed by atoms with E-state index in [0.29, 0.717) is 22.8 Å². The van der Waals surface area contributed by atoms with Gasteiger partial charge in [-0.25, -0.2) is 4.79 Å². The number of nitrogens with one attached hydrogen (secondary N) is 1. The normalized spacial score (nSPS) is 14.5. The first-order valence-electron chi connectivity index (χ1n) is 11.4. The Labute approximate surface area is 196 Å². The molecule has 1 aliphatic heterocycles. The molecule has 0 aliphatic carbocycles. The van der Waals surface area contributed by atoms with Crippen LogP contribution in [0.25, 0.3) is 0 Å². The van der Waals surface area contributed by atoms with Crippen LogP contribution in [0.1, 0.15) is 55.5 Å². The first-order chi connectivity index (χ1) is 15.7. The Kier molecular flexibility index (Phi) is 8.15. The van der Waals surface area contributed by atoms with Crippen molar-refractivity contribution in [1.82, 2.24) is 10.2 Å². The second kappa shape index (κ2) is 11.0. The molecule has 176 valence electrons. The van der Waals surface area contributed by atoms with Gasteiger partial charge in [-0.05, 0) is 74.9 Å². The molecule has 0 radical (unpaired) electrons. The molecule has 2 amide bonds. The number of hydrogen-bond donors (Lipinski definition) is 1. The van der Waals surface area contributed by atoms with Gasteiger partial charge in [0.2, 0.25) is 0 Å². The number of nitrogens with zero attached hydrogens (tertiary/aromatic N) is 1. The summed E-state index contributed by atoms with van der Waals surface area (Å²) in [5.41, 5.74) is 2.18. The molecule has 1 saturated heterocycles. The van der Waals surface area contributed by atoms with Crippen molar-refractivity contribution in [1.29, 1.82) is 0 Å². The Morgan fingerprint density at radius 3 is 2.27 bits per heavy atom. The van der Waals surface area contributed by atoms with Gasteiger partial charge in [0.05, 0.1) is 0 Å². The number of hydrogen-bond acceptors (Lipinski definition) is 4. The average Bonchev–Trinajstić information content (AvgIpc) is 2.81. The topological polar surface area (TPSA) is 67.9 Å². The van der Waals surface area contributed by atoms with Crippen LogP contribution in [-0.4, -0.2) is 48.7 Å². The van der Waals surface area contributed by atoms with E-state index in [4.69, 9.17) is 9.47 Å². The molecule has 6 heteroatoms. The van der Waals surface area contributed by atoms with E-state index >= 15 is 0 Å². The minimum Gasteiger partial charge on any atom is -0.489 e. The van der Waals surface area contributed by atoms with Crippen LogP contribution in [0, 0.1) is 0 Å². The van der Waals surface area contributed by atoms with Crippen LogP contribution >= 0.6 is 0 Å². The molecule has 1 fully saturated rings. The van der Waals surface area contributed by atoms with Crippen molar-refractivity contribution in [3.8, 4) is 5.75 Å². The lowest BCUT2D eigenvalue weighted by Crippen LogP contribution is -2.37. The monoisotopic (exact) mass is 450 g/mol. The van der Waals surface area contributed by atoms with Gasteiger partial charge in [-0.1, -0.05) is 36.9 Å². The largest absolute Gasteiger partial charge is 0.489 e. The van der Waals surface area contributed by atoms with Gasteiger partial charge < -0.3 is 19.7 Å². The fourth-order valence-corrected chi connectivity index (χ4v) is 3.77. The number of alkyl carbamates (subject to hydrolysis) is 1. The summed E-state index contributed by atoms with van der Waals surface area (Å²) in [7, 11) is 0. The minimum atomic E-state index is -0.543. The molecule has 0 bridgehead atoms. The van der Waals surface area contributed by atoms with Gasteiger partial charge in [0.1, 0.15) is 18.0 Å². The molecule has 0 spiro atoms. The van der Waals surface area contributed by atoms with E-state index in [1.165, 1.54) is 5.56 Å². The zero-order valence-corrected chi connectivity index (χ0v) is 19.8. The molecule has 6 nitrogen and oxygen atoms in total. The highest BCUT2D eigenvalue weighted by Crippen LogP contribution is 2.28. The Morgan fingerprint density at radius 1 is 1.03 bits per heavy atom. The van der Waals surface area contributed by atoms with E-state index in [1.807, 2.05) is 31.7 Å². The Hall–Kier alpha value is -3.28. The van der Waals surface area contributed by atoms with E-state index in [0.717, 1.165) is 25.9 Å². The fraction of sp³-hybridized carbons (Fsp3) is 0.407. The molecule has 3 rings (SSSR count). The number of rotatable bonds is 7. The van der Waals surface area contributed by atoms with E-state index in [2.05, 4.69) is 36.2 Å². The number of ether oxygens (including phenoxy) is 2. The summed E-state index contributed by atoms with van der Waals surface area (Å²) in [4.78, 5) is 26.5. The average molecular weight is 451 g/mol. The summed E-state index contributed by atoms with van der Waals surface area (Å²) < 4.78 is 10.9. The predicted octanol–water partition coefficient (Wildman–Crippen LogP) is 5.17. The summed E-state index contributed by atoms with van der Waals surface area (Å²) >= 11 is 0. The molecule has 0 unspecified atom stereocenters. The third-order valence-electron chi connectivity index (χ3n) is 5.48. The summed E-state index contributed by atoms with van der Waals surface area (Å²) in [6, 6.07) is 17.7. The van der Waals surface area contributed by atoms with E-state index in [9.17, 15) is 9.59 Å². The smallest absolute Gasteiger partial charge is 0.407 e. The van der Waals surface area contributed by atoms with Gasteiger partial charge in [-0.15, -0.1) is 0 Å². The highest BCUT2D eigenvalue weighted by atomic mass is 16.6. The van der Waals surface area contributed by atoms with Crippen LogP contribution in [0.3, 0.4) is 0 Å². The summed E-state index contributed by atoms with van der Waals surface area (Å²) in [5.74, 6) is 1.22. The lowest BCUT2D eigenvalue weighted by molar-refractivity contribution is 0.0531. The van der Waals surface area contributed by atoms with E-state index in [1.54, 1.807) is 24.3 Å². The number of carbonyl (C=O) groups is 2. The number of carbonyl (C=O) groups excluding carboxylic acids is 2. The molecule has 2 aromatic rings. The second-order valence-corrected chi connectivity index (χ2v) is 9.40. The minimum absolute atomic E-state index is 0.0547. The maximum atomic E-state index is 12.9. The van der Waals surface area contributed by atoms with Crippen molar-refractivity contribution in [2.45, 2.75) is 45.1 Å². The Morgan fingerprint density at radius 2 is 1.67 bits per heavy atom. The SMILES string of the molecule is C=C(CNC(=O)OC(C)(C)C)COc1ccc(C(=O)N2CCC(c3ccccc3)CC2)cc1. The lowest BCUT2D eigenvalue weighted by Gasteiger charge is -2.32. The molecule has 1 aliphatic rings. The number of amides is 2. The maximum absolute atomic E-state index is 12.9. The molecule has 1 heterocycles. The molecular formula is C27H34N2O4. The van der Waals surface area contributed by atoms with Crippen molar-refractivity contribution in [3.63, 3.8) is 0 Å². The molecular weight excluding hydrogens is 416 g/mol. The second-order valence-electron chi connectivity index (χ2n) is 9.40. The third kappa shape index (κ3) is 7.67. The highest BCUT2D eigenvalue weighted by molar-refractivity contribution is 5.94. The molecule has 33 heavy (non-hydrogen) atoms. The number of piperidine rings is 1. The number of benzene rings is 2. The van der Waals surface area contributed by atoms with Crippen LogP contribution in [0.4, 0.5) is 4.79 Å². The van der Waals surface area contributed by atoms with Gasteiger partial charge >= 0.3 is 6.09 Å². The van der Waals surface area contributed by atoms with Crippen molar-refractivity contribution in [2.24, 2.45) is 0 Å². The van der Waals surface area contributed by atoms with Crippen molar-refractivity contribution in [2.75, 3.05) is 26.2 Å². The first-order valence-corrected chi connectivity index (χ1v) is 11.4. The Balaban J connectivity index is 1.42. The lowest BCUT2D eigenvalue weighted by atomic mass is 9.89. The van der Waals surface area contributed by atoms with Gasteiger partial charge in [0, 0.05) is 25.2 Å². The summed E-state index contributed by atoms with van der Waals surface area (Å²) in [5, 5.41) is 2.66. The fourth-order valence-electron chi connectivity index (χ4n) is 3.77. The molecule has 1 N–H and O–H groups in total. The van der Waals surface area contributed by atoms with Gasteiger partial charge in [0.25, 0.3) is 5.91 Å². The van der Waals surface area contributed by atoms with Gasteiger partial charge in [0.15, 0.2) is 0 Å². The van der Waals surface area contributed by atoms with Crippen LogP contribution in [-0.2, 0) is 4.74 Å². The summed E-state index contributed by atoms with van der Waals surface area (Å²) in [6.07, 6.45) is 1.48. The van der Waals surface area contributed by atoms with Crippen molar-refractivity contribution in [3.05, 3.63) is 77.9 Å². The third-order valence-corrected chi connectivity index (χ3v) is 5.48. The predicted molar refractivity (Wildman–Crippen MR) is 130 cm³/mol. The highest BCUT2D eigenvalue weighted by Gasteiger charge is 2.24. The Bertz CT molecular complexity index is 940. The van der Waals surface area contributed by atoms with Crippen LogP contribution < -0.4 is 10.1 Å². The van der Waals surface area contributed by atoms with Gasteiger partial charge in [-0.3, -0.25) is 4.79 Å². The molecule has 0 aromatic heterocycles. The molecule has 0 saturated carbocycles. The summed E-state index contributed by atoms with van der Waals surface area (Å²) in [6.45, 7) is 11.4. The van der Waals surface area contributed by atoms with Crippen LogP contribution in [0.15, 0.2) is 66.7 Å². The van der Waals surface area contributed by atoms with Crippen molar-refractivity contribution >= 4 is 12.0 Å².